The van der Waals surface area contributed by atoms with Gasteiger partial charge in [0.25, 0.3) is 0 Å². The highest BCUT2D eigenvalue weighted by molar-refractivity contribution is 14.1. The van der Waals surface area contributed by atoms with Gasteiger partial charge in [0, 0.05) is 6.54 Å². The van der Waals surface area contributed by atoms with Crippen LogP contribution in [0.2, 0.25) is 0 Å². The molecule has 0 saturated carbocycles. The lowest BCUT2D eigenvalue weighted by Crippen LogP contribution is -2.23. The summed E-state index contributed by atoms with van der Waals surface area (Å²) in [6.45, 7) is 7.08. The molecule has 0 aromatic heterocycles. The van der Waals surface area contributed by atoms with E-state index in [1.165, 1.54) is 24.3 Å². The second kappa shape index (κ2) is 15.3. The first-order valence-electron chi connectivity index (χ1n) is 8.35. The summed E-state index contributed by atoms with van der Waals surface area (Å²) in [4.78, 5) is 22.1. The Morgan fingerprint density at radius 1 is 1.27 bits per heavy atom. The number of phenols is 1. The van der Waals surface area contributed by atoms with Crippen LogP contribution in [0.5, 0.6) is 5.75 Å². The minimum absolute atomic E-state index is 0.144. The Morgan fingerprint density at radius 2 is 1.92 bits per heavy atom. The molecule has 26 heavy (non-hydrogen) atoms. The number of ether oxygens (including phenoxy) is 2. The van der Waals surface area contributed by atoms with Gasteiger partial charge in [0.05, 0.1) is 16.6 Å². The molecule has 0 unspecified atom stereocenters. The Bertz CT molecular complexity index is 590. The molecule has 0 radical (unpaired) electrons. The standard InChI is InChI=1S/C11H14O3.C8H12INO2/c1-8(2)7-14-11(13)9-3-5-10(12)6-4-9;1-2-3-6-10-8(11)12-7-4-5-9/h3-6,8,12H,7H2,1-2H3;2-3,5-6H2,1H3,(H,10,11). The molecule has 2 N–H and O–H groups in total. The molecule has 0 bridgehead atoms. The monoisotopic (exact) mass is 475 g/mol. The van der Waals surface area contributed by atoms with Gasteiger partial charge in [0.1, 0.15) is 11.9 Å². The largest absolute Gasteiger partial charge is 0.508 e. The van der Waals surface area contributed by atoms with Crippen LogP contribution in [0, 0.1) is 17.9 Å². The van der Waals surface area contributed by atoms with Gasteiger partial charge in [-0.05, 0) is 42.5 Å². The van der Waals surface area contributed by atoms with Crippen molar-refractivity contribution in [3.63, 3.8) is 0 Å². The molecule has 0 aliphatic rings. The van der Waals surface area contributed by atoms with Gasteiger partial charge < -0.3 is 19.9 Å². The molecule has 1 rings (SSSR count). The van der Waals surface area contributed by atoms with Crippen LogP contribution in [0.4, 0.5) is 4.79 Å². The fraction of sp³-hybridized carbons (Fsp3) is 0.474. The molecular formula is C19H26INO5. The van der Waals surface area contributed by atoms with Crippen molar-refractivity contribution in [1.29, 1.82) is 0 Å². The van der Waals surface area contributed by atoms with Gasteiger partial charge in [-0.1, -0.05) is 49.8 Å². The Hall–Kier alpha value is -1.95. The molecule has 0 fully saturated rings. The first-order valence-corrected chi connectivity index (χ1v) is 9.87. The predicted octanol–water partition coefficient (Wildman–Crippen LogP) is 4.11. The third-order valence-electron chi connectivity index (χ3n) is 2.73. The Labute approximate surface area is 168 Å². The van der Waals surface area contributed by atoms with Gasteiger partial charge >= 0.3 is 12.1 Å². The van der Waals surface area contributed by atoms with E-state index >= 15 is 0 Å². The summed E-state index contributed by atoms with van der Waals surface area (Å²) in [5.74, 6) is 2.75. The quantitative estimate of drug-likeness (QED) is 0.213. The van der Waals surface area contributed by atoms with Crippen molar-refractivity contribution in [1.82, 2.24) is 5.32 Å². The molecular weight excluding hydrogens is 449 g/mol. The highest BCUT2D eigenvalue weighted by Gasteiger charge is 2.07. The molecule has 144 valence electrons. The number of hydrogen-bond donors (Lipinski definition) is 2. The second-order valence-corrected chi connectivity index (χ2v) is 6.38. The lowest BCUT2D eigenvalue weighted by molar-refractivity contribution is 0.0459. The maximum atomic E-state index is 11.4. The fourth-order valence-electron chi connectivity index (χ4n) is 1.44. The van der Waals surface area contributed by atoms with Gasteiger partial charge in [-0.3, -0.25) is 0 Å². The number of benzene rings is 1. The summed E-state index contributed by atoms with van der Waals surface area (Å²) in [7, 11) is 0. The molecule has 0 aliphatic heterocycles. The van der Waals surface area contributed by atoms with Crippen LogP contribution in [-0.2, 0) is 9.47 Å². The summed E-state index contributed by atoms with van der Waals surface area (Å²) in [6, 6.07) is 6.01. The molecule has 0 saturated heterocycles. The number of unbranched alkanes of at least 4 members (excludes halogenated alkanes) is 1. The minimum Gasteiger partial charge on any atom is -0.508 e. The zero-order valence-electron chi connectivity index (χ0n) is 15.4. The van der Waals surface area contributed by atoms with Crippen LogP contribution in [-0.4, -0.2) is 34.7 Å². The summed E-state index contributed by atoms with van der Waals surface area (Å²) >= 11 is 2.08. The number of amides is 1. The Balaban J connectivity index is 0.000000488. The highest BCUT2D eigenvalue weighted by atomic mass is 127. The topological polar surface area (TPSA) is 84.9 Å². The van der Waals surface area contributed by atoms with Crippen molar-refractivity contribution in [3.05, 3.63) is 29.8 Å². The first-order chi connectivity index (χ1) is 12.4. The predicted molar refractivity (Wildman–Crippen MR) is 109 cm³/mol. The Kier molecular flexibility index (Phi) is 14.2. The van der Waals surface area contributed by atoms with E-state index in [0.717, 1.165) is 12.8 Å². The number of esters is 1. The van der Waals surface area contributed by atoms with Crippen LogP contribution < -0.4 is 5.32 Å². The number of alkyl halides is 1. The van der Waals surface area contributed by atoms with Gasteiger partial charge in [-0.25, -0.2) is 9.59 Å². The van der Waals surface area contributed by atoms with Crippen LogP contribution in [0.1, 0.15) is 44.0 Å². The van der Waals surface area contributed by atoms with E-state index in [1.807, 2.05) is 13.8 Å². The summed E-state index contributed by atoms with van der Waals surface area (Å²) < 4.78 is 10.2. The average molecular weight is 475 g/mol. The smallest absolute Gasteiger partial charge is 0.421 e. The van der Waals surface area contributed by atoms with Gasteiger partial charge in [-0.15, -0.1) is 0 Å². The van der Waals surface area contributed by atoms with E-state index in [0.29, 0.717) is 29.1 Å². The molecule has 6 nitrogen and oxygen atoms in total. The second-order valence-electron chi connectivity index (χ2n) is 5.62. The third-order valence-corrected chi connectivity index (χ3v) is 3.11. The van der Waals surface area contributed by atoms with Gasteiger partial charge in [-0.2, -0.15) is 0 Å². The van der Waals surface area contributed by atoms with Crippen molar-refractivity contribution in [2.45, 2.75) is 33.6 Å². The maximum absolute atomic E-state index is 11.4. The van der Waals surface area contributed by atoms with Crippen LogP contribution in [0.15, 0.2) is 24.3 Å². The maximum Gasteiger partial charge on any atom is 0.421 e. The molecule has 7 heteroatoms. The number of alkyl carbamates (subject to hydrolysis) is 1. The fourth-order valence-corrected chi connectivity index (χ4v) is 1.59. The number of carbonyl (C=O) groups is 2. The van der Waals surface area contributed by atoms with Crippen molar-refractivity contribution < 1.29 is 24.2 Å². The number of nitrogens with one attached hydrogen (secondary N) is 1. The summed E-state index contributed by atoms with van der Waals surface area (Å²) in [5, 5.41) is 11.6. The number of halogens is 1. The summed E-state index contributed by atoms with van der Waals surface area (Å²) in [6.07, 6.45) is 3.86. The number of rotatable bonds is 6. The van der Waals surface area contributed by atoms with Crippen molar-refractivity contribution in [2.75, 3.05) is 17.6 Å². The molecule has 0 heterocycles. The number of hydrogen-bond acceptors (Lipinski definition) is 5. The lowest BCUT2D eigenvalue weighted by Gasteiger charge is -2.06. The molecule has 1 aromatic rings. The minimum atomic E-state index is -0.458. The number of carbonyl (C=O) groups excluding carboxylic acids is 2. The molecule has 0 aliphatic carbocycles. The zero-order valence-corrected chi connectivity index (χ0v) is 17.5. The number of phenolic OH excluding ortho intramolecular Hbond substituents is 1. The van der Waals surface area contributed by atoms with E-state index in [-0.39, 0.29) is 11.7 Å². The third kappa shape index (κ3) is 13.4. The Morgan fingerprint density at radius 3 is 2.46 bits per heavy atom. The average Bonchev–Trinajstić information content (AvgIpc) is 2.61. The summed E-state index contributed by atoms with van der Waals surface area (Å²) in [5.41, 5.74) is 0.462. The van der Waals surface area contributed by atoms with Crippen molar-refractivity contribution >= 4 is 34.7 Å². The van der Waals surface area contributed by atoms with Crippen molar-refractivity contribution in [3.8, 4) is 17.8 Å². The van der Waals surface area contributed by atoms with E-state index in [4.69, 9.17) is 9.84 Å². The van der Waals surface area contributed by atoms with Crippen LogP contribution in [0.3, 0.4) is 0 Å². The SMILES string of the molecule is CC(C)COC(=O)c1ccc(O)cc1.CCCCNC(=O)OC#CCI. The highest BCUT2D eigenvalue weighted by Crippen LogP contribution is 2.10. The van der Waals surface area contributed by atoms with E-state index in [9.17, 15) is 9.59 Å². The normalized spacial score (nSPS) is 9.27. The molecule has 1 amide bonds. The van der Waals surface area contributed by atoms with E-state index in [1.54, 1.807) is 0 Å². The molecule has 1 aromatic carbocycles. The van der Waals surface area contributed by atoms with Crippen LogP contribution in [0.25, 0.3) is 0 Å². The van der Waals surface area contributed by atoms with E-state index < -0.39 is 6.09 Å². The molecule has 0 spiro atoms. The lowest BCUT2D eigenvalue weighted by atomic mass is 10.2. The van der Waals surface area contributed by atoms with E-state index in [2.05, 4.69) is 51.6 Å². The van der Waals surface area contributed by atoms with Crippen molar-refractivity contribution in [2.24, 2.45) is 5.92 Å². The van der Waals surface area contributed by atoms with Gasteiger partial charge in [0.2, 0.25) is 0 Å². The number of aromatic hydroxyl groups is 1. The zero-order chi connectivity index (χ0) is 19.8. The van der Waals surface area contributed by atoms with Crippen LogP contribution >= 0.6 is 22.6 Å². The molecule has 0 atom stereocenters. The first kappa shape index (κ1) is 24.1. The van der Waals surface area contributed by atoms with Gasteiger partial charge in [0.15, 0.2) is 0 Å².